The number of carbonyl (C=O) groups excluding carboxylic acids is 1. The van der Waals surface area contributed by atoms with Gasteiger partial charge in [-0.2, -0.15) is 0 Å². The van der Waals surface area contributed by atoms with E-state index in [1.807, 2.05) is 6.92 Å². The molecule has 1 fully saturated rings. The van der Waals surface area contributed by atoms with Crippen molar-refractivity contribution in [3.8, 4) is 0 Å². The van der Waals surface area contributed by atoms with Crippen LogP contribution < -0.4 is 0 Å². The molecule has 1 rings (SSSR count). The van der Waals surface area contributed by atoms with E-state index in [9.17, 15) is 4.79 Å². The van der Waals surface area contributed by atoms with E-state index in [1.54, 1.807) is 4.90 Å². The fourth-order valence-electron chi connectivity index (χ4n) is 1.82. The Labute approximate surface area is 84.8 Å². The second kappa shape index (κ2) is 5.98. The van der Waals surface area contributed by atoms with Crippen LogP contribution in [-0.2, 0) is 9.53 Å². The quantitative estimate of drug-likeness (QED) is 0.719. The normalized spacial score (nSPS) is 23.3. The van der Waals surface area contributed by atoms with E-state index < -0.39 is 0 Å². The summed E-state index contributed by atoms with van der Waals surface area (Å²) < 4.78 is 5.52. The summed E-state index contributed by atoms with van der Waals surface area (Å²) in [5.74, 6) is -0.165. The Morgan fingerprint density at radius 3 is 2.93 bits per heavy atom. The van der Waals surface area contributed by atoms with E-state index >= 15 is 0 Å². The number of aliphatic hydroxyl groups excluding tert-OH is 1. The lowest BCUT2D eigenvalue weighted by molar-refractivity contribution is -0.134. The van der Waals surface area contributed by atoms with Gasteiger partial charge in [-0.05, 0) is 26.2 Å². The minimum Gasteiger partial charge on any atom is -0.387 e. The van der Waals surface area contributed by atoms with Crippen molar-refractivity contribution in [2.75, 3.05) is 26.3 Å². The third-order valence-electron chi connectivity index (χ3n) is 2.57. The summed E-state index contributed by atoms with van der Waals surface area (Å²) in [7, 11) is 0. The first kappa shape index (κ1) is 11.5. The predicted octanol–water partition coefficient (Wildman–Crippen LogP) is 0.396. The lowest BCUT2D eigenvalue weighted by Gasteiger charge is -2.19. The number of nitrogens with zero attached hydrogens (tertiary/aromatic N) is 1. The summed E-state index contributed by atoms with van der Waals surface area (Å²) in [5, 5.41) is 8.73. The lowest BCUT2D eigenvalue weighted by Crippen LogP contribution is -2.34. The standard InChI is InChI=1S/C10H19NO3/c1-2-14-9-4-3-6-11(7-5-9)10(13)8-12/h9,12H,2-8H2,1H3. The number of likely N-dealkylation sites (tertiary alicyclic amines) is 1. The zero-order valence-electron chi connectivity index (χ0n) is 8.74. The molecule has 1 aliphatic rings. The Morgan fingerprint density at radius 2 is 2.29 bits per heavy atom. The highest BCUT2D eigenvalue weighted by atomic mass is 16.5. The number of hydrogen-bond donors (Lipinski definition) is 1. The molecule has 0 spiro atoms. The van der Waals surface area contributed by atoms with Crippen LogP contribution in [0.1, 0.15) is 26.2 Å². The molecule has 1 atom stereocenters. The molecule has 1 aliphatic heterocycles. The minimum absolute atomic E-state index is 0.165. The van der Waals surface area contributed by atoms with Crippen molar-refractivity contribution in [1.29, 1.82) is 0 Å². The Bertz CT molecular complexity index is 184. The highest BCUT2D eigenvalue weighted by Gasteiger charge is 2.19. The van der Waals surface area contributed by atoms with Crippen LogP contribution >= 0.6 is 0 Å². The zero-order chi connectivity index (χ0) is 10.4. The number of hydrogen-bond acceptors (Lipinski definition) is 3. The van der Waals surface area contributed by atoms with Gasteiger partial charge in [0.25, 0.3) is 0 Å². The lowest BCUT2D eigenvalue weighted by atomic mass is 10.2. The first-order valence-corrected chi connectivity index (χ1v) is 5.28. The molecule has 0 aromatic carbocycles. The smallest absolute Gasteiger partial charge is 0.248 e. The average Bonchev–Trinajstić information content (AvgIpc) is 2.43. The Balaban J connectivity index is 2.36. The number of rotatable bonds is 3. The summed E-state index contributed by atoms with van der Waals surface area (Å²) in [6.45, 7) is 3.81. The summed E-state index contributed by atoms with van der Waals surface area (Å²) >= 11 is 0. The van der Waals surface area contributed by atoms with Crippen LogP contribution in [0.5, 0.6) is 0 Å². The molecule has 0 aromatic rings. The number of aliphatic hydroxyl groups is 1. The van der Waals surface area contributed by atoms with Gasteiger partial charge >= 0.3 is 0 Å². The van der Waals surface area contributed by atoms with E-state index in [1.165, 1.54) is 0 Å². The molecule has 0 aliphatic carbocycles. The molecule has 0 bridgehead atoms. The Morgan fingerprint density at radius 1 is 1.50 bits per heavy atom. The molecule has 1 unspecified atom stereocenters. The van der Waals surface area contributed by atoms with Gasteiger partial charge in [0.05, 0.1) is 6.10 Å². The van der Waals surface area contributed by atoms with Gasteiger partial charge in [-0.3, -0.25) is 4.79 Å². The van der Waals surface area contributed by atoms with Crippen LogP contribution in [0.4, 0.5) is 0 Å². The molecule has 1 heterocycles. The second-order valence-corrected chi connectivity index (χ2v) is 3.55. The van der Waals surface area contributed by atoms with Crippen molar-refractivity contribution in [2.24, 2.45) is 0 Å². The molecular formula is C10H19NO3. The monoisotopic (exact) mass is 201 g/mol. The van der Waals surface area contributed by atoms with E-state index in [4.69, 9.17) is 9.84 Å². The van der Waals surface area contributed by atoms with Crippen molar-refractivity contribution in [3.63, 3.8) is 0 Å². The van der Waals surface area contributed by atoms with Gasteiger partial charge < -0.3 is 14.7 Å². The number of carbonyl (C=O) groups is 1. The summed E-state index contributed by atoms with van der Waals surface area (Å²) in [4.78, 5) is 12.9. The maximum absolute atomic E-state index is 11.2. The molecule has 0 radical (unpaired) electrons. The summed E-state index contributed by atoms with van der Waals surface area (Å²) in [6.07, 6.45) is 3.16. The SMILES string of the molecule is CCOC1CCCN(C(=O)CO)CC1. The van der Waals surface area contributed by atoms with Crippen LogP contribution in [0.2, 0.25) is 0 Å². The van der Waals surface area contributed by atoms with Gasteiger partial charge in [0.15, 0.2) is 0 Å². The van der Waals surface area contributed by atoms with Crippen LogP contribution in [0, 0.1) is 0 Å². The van der Waals surface area contributed by atoms with Crippen molar-refractivity contribution < 1.29 is 14.6 Å². The zero-order valence-corrected chi connectivity index (χ0v) is 8.74. The second-order valence-electron chi connectivity index (χ2n) is 3.55. The van der Waals surface area contributed by atoms with Gasteiger partial charge in [0, 0.05) is 19.7 Å². The minimum atomic E-state index is -0.376. The van der Waals surface area contributed by atoms with Gasteiger partial charge in [0.1, 0.15) is 6.61 Å². The third-order valence-corrected chi connectivity index (χ3v) is 2.57. The maximum atomic E-state index is 11.2. The van der Waals surface area contributed by atoms with E-state index in [0.717, 1.165) is 32.4 Å². The van der Waals surface area contributed by atoms with Crippen LogP contribution in [0.15, 0.2) is 0 Å². The van der Waals surface area contributed by atoms with Crippen molar-refractivity contribution in [3.05, 3.63) is 0 Å². The van der Waals surface area contributed by atoms with Gasteiger partial charge in [-0.1, -0.05) is 0 Å². The molecular weight excluding hydrogens is 182 g/mol. The van der Waals surface area contributed by atoms with E-state index in [2.05, 4.69) is 0 Å². The van der Waals surface area contributed by atoms with Gasteiger partial charge in [0.2, 0.25) is 5.91 Å². The molecule has 1 N–H and O–H groups in total. The number of ether oxygens (including phenoxy) is 1. The largest absolute Gasteiger partial charge is 0.387 e. The first-order valence-electron chi connectivity index (χ1n) is 5.28. The average molecular weight is 201 g/mol. The van der Waals surface area contributed by atoms with E-state index in [-0.39, 0.29) is 18.6 Å². The van der Waals surface area contributed by atoms with Gasteiger partial charge in [-0.15, -0.1) is 0 Å². The molecule has 0 aromatic heterocycles. The fraction of sp³-hybridized carbons (Fsp3) is 0.900. The Kier molecular flexibility index (Phi) is 4.90. The van der Waals surface area contributed by atoms with Crippen molar-refractivity contribution in [1.82, 2.24) is 4.90 Å². The summed E-state index contributed by atoms with van der Waals surface area (Å²) in [6, 6.07) is 0. The molecule has 1 saturated heterocycles. The highest BCUT2D eigenvalue weighted by molar-refractivity contribution is 5.77. The van der Waals surface area contributed by atoms with E-state index in [0.29, 0.717) is 6.54 Å². The van der Waals surface area contributed by atoms with Crippen LogP contribution in [0.25, 0.3) is 0 Å². The molecule has 1 amide bonds. The Hall–Kier alpha value is -0.610. The summed E-state index contributed by atoms with van der Waals surface area (Å²) in [5.41, 5.74) is 0. The number of amides is 1. The predicted molar refractivity (Wildman–Crippen MR) is 52.9 cm³/mol. The maximum Gasteiger partial charge on any atom is 0.248 e. The first-order chi connectivity index (χ1) is 6.77. The highest BCUT2D eigenvalue weighted by Crippen LogP contribution is 2.13. The molecule has 0 saturated carbocycles. The fourth-order valence-corrected chi connectivity index (χ4v) is 1.82. The van der Waals surface area contributed by atoms with Gasteiger partial charge in [-0.25, -0.2) is 0 Å². The third kappa shape index (κ3) is 3.27. The van der Waals surface area contributed by atoms with Crippen LogP contribution in [0.3, 0.4) is 0 Å². The molecule has 14 heavy (non-hydrogen) atoms. The van der Waals surface area contributed by atoms with Crippen molar-refractivity contribution in [2.45, 2.75) is 32.3 Å². The van der Waals surface area contributed by atoms with Crippen LogP contribution in [-0.4, -0.2) is 48.3 Å². The molecule has 4 heteroatoms. The van der Waals surface area contributed by atoms with Crippen molar-refractivity contribution >= 4 is 5.91 Å². The molecule has 4 nitrogen and oxygen atoms in total. The molecule has 82 valence electrons. The topological polar surface area (TPSA) is 49.8 Å².